The number of anilines is 2. The first-order chi connectivity index (χ1) is 9.51. The highest BCUT2D eigenvalue weighted by molar-refractivity contribution is 5.55. The van der Waals surface area contributed by atoms with E-state index in [0.29, 0.717) is 11.6 Å². The van der Waals surface area contributed by atoms with E-state index in [9.17, 15) is 0 Å². The molecule has 5 heteroatoms. The Hall–Kier alpha value is -2.30. The van der Waals surface area contributed by atoms with Crippen LogP contribution in [0.3, 0.4) is 0 Å². The molecule has 0 radical (unpaired) electrons. The fraction of sp³-hybridized carbons (Fsp3) is 0.333. The first kappa shape index (κ1) is 14.1. The number of benzene rings is 1. The second-order valence-corrected chi connectivity index (χ2v) is 4.77. The molecule has 1 aromatic carbocycles. The molecule has 1 heterocycles. The van der Waals surface area contributed by atoms with Gasteiger partial charge in [0.1, 0.15) is 23.2 Å². The summed E-state index contributed by atoms with van der Waals surface area (Å²) >= 11 is 0. The molecule has 106 valence electrons. The van der Waals surface area contributed by atoms with E-state index in [1.54, 1.807) is 7.11 Å². The highest BCUT2D eigenvalue weighted by Gasteiger charge is 2.11. The smallest absolute Gasteiger partial charge is 0.135 e. The van der Waals surface area contributed by atoms with Gasteiger partial charge in [0, 0.05) is 11.6 Å². The van der Waals surface area contributed by atoms with Crippen molar-refractivity contribution in [3.63, 3.8) is 0 Å². The standard InChI is InChI=1S/C15H20N4O/c1-9-14(16)18-11(3)19-15(9)17-10(2)12-5-7-13(20-4)8-6-12/h5-8,10H,1-4H3,(H3,16,17,18,19). The van der Waals surface area contributed by atoms with E-state index >= 15 is 0 Å². The van der Waals surface area contributed by atoms with Crippen molar-refractivity contribution >= 4 is 11.6 Å². The van der Waals surface area contributed by atoms with Gasteiger partial charge >= 0.3 is 0 Å². The minimum Gasteiger partial charge on any atom is -0.497 e. The maximum absolute atomic E-state index is 5.87. The van der Waals surface area contributed by atoms with Crippen LogP contribution in [0.4, 0.5) is 11.6 Å². The summed E-state index contributed by atoms with van der Waals surface area (Å²) in [5.74, 6) is 2.80. The molecule has 0 aliphatic heterocycles. The zero-order valence-electron chi connectivity index (χ0n) is 12.3. The second kappa shape index (κ2) is 5.77. The van der Waals surface area contributed by atoms with Gasteiger partial charge in [-0.05, 0) is 38.5 Å². The molecule has 0 bridgehead atoms. The third-order valence-electron chi connectivity index (χ3n) is 3.26. The SMILES string of the molecule is COc1ccc(C(C)Nc2nc(C)nc(N)c2C)cc1. The molecule has 0 aliphatic rings. The summed E-state index contributed by atoms with van der Waals surface area (Å²) in [5.41, 5.74) is 7.89. The number of aryl methyl sites for hydroxylation is 1. The Bertz CT molecular complexity index is 596. The molecule has 0 spiro atoms. The molecule has 1 atom stereocenters. The topological polar surface area (TPSA) is 73.1 Å². The lowest BCUT2D eigenvalue weighted by Crippen LogP contribution is -2.12. The van der Waals surface area contributed by atoms with E-state index in [1.165, 1.54) is 0 Å². The molecule has 0 saturated heterocycles. The van der Waals surface area contributed by atoms with Crippen LogP contribution in [-0.4, -0.2) is 17.1 Å². The van der Waals surface area contributed by atoms with Crippen LogP contribution in [0.25, 0.3) is 0 Å². The molecule has 1 unspecified atom stereocenters. The number of nitrogen functional groups attached to an aromatic ring is 1. The number of hydrogen-bond acceptors (Lipinski definition) is 5. The summed E-state index contributed by atoms with van der Waals surface area (Å²) in [6, 6.07) is 8.07. The molecule has 20 heavy (non-hydrogen) atoms. The van der Waals surface area contributed by atoms with Crippen LogP contribution in [-0.2, 0) is 0 Å². The summed E-state index contributed by atoms with van der Waals surface area (Å²) in [4.78, 5) is 8.55. The summed E-state index contributed by atoms with van der Waals surface area (Å²) < 4.78 is 5.16. The second-order valence-electron chi connectivity index (χ2n) is 4.77. The van der Waals surface area contributed by atoms with Gasteiger partial charge < -0.3 is 15.8 Å². The van der Waals surface area contributed by atoms with Crippen LogP contribution in [0.15, 0.2) is 24.3 Å². The summed E-state index contributed by atoms with van der Waals surface area (Å²) in [5, 5.41) is 3.37. The first-order valence-corrected chi connectivity index (χ1v) is 6.52. The van der Waals surface area contributed by atoms with Crippen molar-refractivity contribution in [3.8, 4) is 5.75 Å². The highest BCUT2D eigenvalue weighted by Crippen LogP contribution is 2.24. The van der Waals surface area contributed by atoms with Gasteiger partial charge in [0.05, 0.1) is 7.11 Å². The van der Waals surface area contributed by atoms with Gasteiger partial charge in [-0.2, -0.15) is 0 Å². The normalized spacial score (nSPS) is 12.0. The summed E-state index contributed by atoms with van der Waals surface area (Å²) in [6.45, 7) is 5.83. The van der Waals surface area contributed by atoms with Crippen molar-refractivity contribution in [3.05, 3.63) is 41.2 Å². The molecule has 2 rings (SSSR count). The Labute approximate surface area is 119 Å². The Morgan fingerprint density at radius 1 is 1.15 bits per heavy atom. The van der Waals surface area contributed by atoms with Crippen LogP contribution in [0.1, 0.15) is 29.9 Å². The quantitative estimate of drug-likeness (QED) is 0.895. The molecular weight excluding hydrogens is 252 g/mol. The van der Waals surface area contributed by atoms with Crippen molar-refractivity contribution in [2.45, 2.75) is 26.8 Å². The highest BCUT2D eigenvalue weighted by atomic mass is 16.5. The molecule has 5 nitrogen and oxygen atoms in total. The molecule has 0 aliphatic carbocycles. The van der Waals surface area contributed by atoms with E-state index < -0.39 is 0 Å². The van der Waals surface area contributed by atoms with Crippen LogP contribution >= 0.6 is 0 Å². The number of nitrogens with one attached hydrogen (secondary N) is 1. The molecule has 0 saturated carbocycles. The number of ether oxygens (including phenoxy) is 1. The zero-order chi connectivity index (χ0) is 14.7. The third kappa shape index (κ3) is 2.99. The zero-order valence-corrected chi connectivity index (χ0v) is 12.3. The van der Waals surface area contributed by atoms with E-state index in [0.717, 1.165) is 22.7 Å². The number of nitrogens with zero attached hydrogens (tertiary/aromatic N) is 2. The van der Waals surface area contributed by atoms with Gasteiger partial charge in [-0.15, -0.1) is 0 Å². The van der Waals surface area contributed by atoms with Crippen LogP contribution in [0.5, 0.6) is 5.75 Å². The van der Waals surface area contributed by atoms with E-state index in [1.807, 2.05) is 38.1 Å². The third-order valence-corrected chi connectivity index (χ3v) is 3.26. The largest absolute Gasteiger partial charge is 0.497 e. The number of rotatable bonds is 4. The monoisotopic (exact) mass is 272 g/mol. The average Bonchev–Trinajstić information content (AvgIpc) is 2.44. The van der Waals surface area contributed by atoms with Crippen molar-refractivity contribution in [2.75, 3.05) is 18.2 Å². The molecule has 0 fully saturated rings. The molecule has 3 N–H and O–H groups in total. The van der Waals surface area contributed by atoms with Crippen LogP contribution in [0.2, 0.25) is 0 Å². The van der Waals surface area contributed by atoms with Gasteiger partial charge in [0.15, 0.2) is 0 Å². The minimum absolute atomic E-state index is 0.119. The van der Waals surface area contributed by atoms with Crippen LogP contribution < -0.4 is 15.8 Å². The summed E-state index contributed by atoms with van der Waals surface area (Å²) in [7, 11) is 1.66. The van der Waals surface area contributed by atoms with E-state index in [4.69, 9.17) is 10.5 Å². The fourth-order valence-electron chi connectivity index (χ4n) is 1.97. The van der Waals surface area contributed by atoms with Gasteiger partial charge in [0.25, 0.3) is 0 Å². The van der Waals surface area contributed by atoms with E-state index in [2.05, 4.69) is 22.2 Å². The van der Waals surface area contributed by atoms with Crippen molar-refractivity contribution in [2.24, 2.45) is 0 Å². The Morgan fingerprint density at radius 3 is 2.40 bits per heavy atom. The Morgan fingerprint density at radius 2 is 1.80 bits per heavy atom. The van der Waals surface area contributed by atoms with Crippen molar-refractivity contribution < 1.29 is 4.74 Å². The molecule has 0 amide bonds. The lowest BCUT2D eigenvalue weighted by molar-refractivity contribution is 0.414. The predicted molar refractivity (Wildman–Crippen MR) is 81.0 cm³/mol. The number of nitrogens with two attached hydrogens (primary N) is 1. The van der Waals surface area contributed by atoms with Gasteiger partial charge in [-0.1, -0.05) is 12.1 Å². The fourth-order valence-corrected chi connectivity index (χ4v) is 1.97. The van der Waals surface area contributed by atoms with Crippen molar-refractivity contribution in [1.29, 1.82) is 0 Å². The average molecular weight is 272 g/mol. The summed E-state index contributed by atoms with van der Waals surface area (Å²) in [6.07, 6.45) is 0. The Balaban J connectivity index is 2.20. The molecular formula is C15H20N4O. The number of methoxy groups -OCH3 is 1. The van der Waals surface area contributed by atoms with Gasteiger partial charge in [0.2, 0.25) is 0 Å². The van der Waals surface area contributed by atoms with Gasteiger partial charge in [-0.25, -0.2) is 9.97 Å². The lowest BCUT2D eigenvalue weighted by atomic mass is 10.1. The predicted octanol–water partition coefficient (Wildman–Crippen LogP) is 2.86. The number of aromatic nitrogens is 2. The molecule has 2 aromatic rings. The van der Waals surface area contributed by atoms with Crippen molar-refractivity contribution in [1.82, 2.24) is 9.97 Å². The number of hydrogen-bond donors (Lipinski definition) is 2. The van der Waals surface area contributed by atoms with E-state index in [-0.39, 0.29) is 6.04 Å². The molecule has 1 aromatic heterocycles. The minimum atomic E-state index is 0.119. The first-order valence-electron chi connectivity index (χ1n) is 6.52. The lowest BCUT2D eigenvalue weighted by Gasteiger charge is -2.17. The van der Waals surface area contributed by atoms with Crippen LogP contribution in [0, 0.1) is 13.8 Å². The Kier molecular flexibility index (Phi) is 4.08. The van der Waals surface area contributed by atoms with Gasteiger partial charge in [-0.3, -0.25) is 0 Å². The maximum Gasteiger partial charge on any atom is 0.135 e. The maximum atomic E-state index is 5.87.